The average molecular weight is 266 g/mol. The number of hydrogen-bond acceptors (Lipinski definition) is 2. The summed E-state index contributed by atoms with van der Waals surface area (Å²) in [6, 6.07) is 0. The van der Waals surface area contributed by atoms with Gasteiger partial charge >= 0.3 is 0 Å². The number of hydrogen-bond donors (Lipinski definition) is 0. The van der Waals surface area contributed by atoms with Gasteiger partial charge in [-0.05, 0) is 50.5 Å². The Morgan fingerprint density at radius 3 is 2.42 bits per heavy atom. The topological polar surface area (TPSA) is 18.5 Å². The van der Waals surface area contributed by atoms with Crippen molar-refractivity contribution in [3.05, 3.63) is 11.1 Å². The molecule has 110 valence electrons. The van der Waals surface area contributed by atoms with Crippen LogP contribution in [0.5, 0.6) is 0 Å². The molecule has 0 N–H and O–H groups in total. The minimum absolute atomic E-state index is 0.0413. The second-order valence-electron chi connectivity index (χ2n) is 6.15. The highest BCUT2D eigenvalue weighted by Crippen LogP contribution is 2.34. The van der Waals surface area contributed by atoms with E-state index in [9.17, 15) is 0 Å². The Labute approximate surface area is 118 Å². The Morgan fingerprint density at radius 2 is 1.79 bits per heavy atom. The van der Waals surface area contributed by atoms with Crippen molar-refractivity contribution >= 4 is 0 Å². The molecule has 0 aromatic rings. The molecule has 2 nitrogen and oxygen atoms in total. The summed E-state index contributed by atoms with van der Waals surface area (Å²) in [5, 5.41) is 0. The molecule has 19 heavy (non-hydrogen) atoms. The summed E-state index contributed by atoms with van der Waals surface area (Å²) in [5.41, 5.74) is 2.98. The molecule has 1 saturated heterocycles. The van der Waals surface area contributed by atoms with E-state index in [0.29, 0.717) is 0 Å². The predicted molar refractivity (Wildman–Crippen MR) is 79.1 cm³/mol. The highest BCUT2D eigenvalue weighted by atomic mass is 16.7. The lowest BCUT2D eigenvalue weighted by atomic mass is 9.81. The van der Waals surface area contributed by atoms with Crippen molar-refractivity contribution in [1.82, 2.24) is 0 Å². The molecule has 0 aromatic carbocycles. The van der Waals surface area contributed by atoms with Crippen LogP contribution < -0.4 is 0 Å². The van der Waals surface area contributed by atoms with Crippen molar-refractivity contribution in [1.29, 1.82) is 0 Å². The Kier molecular flexibility index (Phi) is 6.39. The van der Waals surface area contributed by atoms with Crippen molar-refractivity contribution < 1.29 is 9.47 Å². The SMILES string of the molecule is CCCCCC1CCC(=C(C)C2OCCCO2)CC1. The summed E-state index contributed by atoms with van der Waals surface area (Å²) in [4.78, 5) is 0. The molecule has 0 spiro atoms. The van der Waals surface area contributed by atoms with Crippen molar-refractivity contribution in [3.63, 3.8) is 0 Å². The maximum atomic E-state index is 5.72. The van der Waals surface area contributed by atoms with Gasteiger partial charge in [0.1, 0.15) is 0 Å². The van der Waals surface area contributed by atoms with Gasteiger partial charge in [-0.2, -0.15) is 0 Å². The second kappa shape index (κ2) is 8.06. The maximum Gasteiger partial charge on any atom is 0.179 e. The van der Waals surface area contributed by atoms with E-state index in [1.54, 1.807) is 5.57 Å². The fourth-order valence-electron chi connectivity index (χ4n) is 3.30. The molecule has 2 rings (SSSR count). The minimum Gasteiger partial charge on any atom is -0.349 e. The van der Waals surface area contributed by atoms with Crippen molar-refractivity contribution in [2.75, 3.05) is 13.2 Å². The highest BCUT2D eigenvalue weighted by Gasteiger charge is 2.23. The first-order valence-electron chi connectivity index (χ1n) is 8.23. The van der Waals surface area contributed by atoms with Crippen LogP contribution in [0.25, 0.3) is 0 Å². The molecule has 0 bridgehead atoms. The first-order valence-corrected chi connectivity index (χ1v) is 8.23. The van der Waals surface area contributed by atoms with Gasteiger partial charge in [-0.1, -0.05) is 38.2 Å². The summed E-state index contributed by atoms with van der Waals surface area (Å²) in [7, 11) is 0. The van der Waals surface area contributed by atoms with Gasteiger partial charge in [-0.3, -0.25) is 0 Å². The van der Waals surface area contributed by atoms with E-state index in [2.05, 4.69) is 13.8 Å². The molecule has 1 aliphatic carbocycles. The van der Waals surface area contributed by atoms with E-state index in [4.69, 9.17) is 9.47 Å². The third-order valence-corrected chi connectivity index (χ3v) is 4.66. The number of ether oxygens (including phenoxy) is 2. The van der Waals surface area contributed by atoms with Gasteiger partial charge in [0.05, 0.1) is 13.2 Å². The van der Waals surface area contributed by atoms with Crippen LogP contribution in [0.4, 0.5) is 0 Å². The lowest BCUT2D eigenvalue weighted by Gasteiger charge is -2.30. The summed E-state index contributed by atoms with van der Waals surface area (Å²) in [6.07, 6.45) is 11.9. The molecular weight excluding hydrogens is 236 g/mol. The fraction of sp³-hybridized carbons (Fsp3) is 0.882. The monoisotopic (exact) mass is 266 g/mol. The quantitative estimate of drug-likeness (QED) is 0.524. The van der Waals surface area contributed by atoms with Crippen molar-refractivity contribution in [2.45, 2.75) is 77.9 Å². The number of rotatable bonds is 5. The Bertz CT molecular complexity index is 280. The third kappa shape index (κ3) is 4.61. The lowest BCUT2D eigenvalue weighted by Crippen LogP contribution is -2.27. The molecule has 0 atom stereocenters. The lowest BCUT2D eigenvalue weighted by molar-refractivity contribution is -0.156. The van der Waals surface area contributed by atoms with Gasteiger partial charge in [0.2, 0.25) is 0 Å². The first-order chi connectivity index (χ1) is 9.31. The standard InChI is InChI=1S/C17H30O2/c1-3-4-5-7-15-8-10-16(11-9-15)14(2)17-18-12-6-13-19-17/h15,17H,3-13H2,1-2H3. The van der Waals surface area contributed by atoms with E-state index in [-0.39, 0.29) is 6.29 Å². The molecule has 0 unspecified atom stereocenters. The zero-order valence-electron chi connectivity index (χ0n) is 12.7. The molecule has 2 fully saturated rings. The number of unbranched alkanes of at least 4 members (excludes halogenated alkanes) is 2. The van der Waals surface area contributed by atoms with E-state index in [1.165, 1.54) is 56.9 Å². The largest absolute Gasteiger partial charge is 0.349 e. The Morgan fingerprint density at radius 1 is 1.11 bits per heavy atom. The third-order valence-electron chi connectivity index (χ3n) is 4.66. The van der Waals surface area contributed by atoms with E-state index in [0.717, 1.165) is 25.6 Å². The fourth-order valence-corrected chi connectivity index (χ4v) is 3.30. The molecule has 2 aliphatic rings. The first kappa shape index (κ1) is 15.1. The second-order valence-corrected chi connectivity index (χ2v) is 6.15. The molecule has 2 heteroatoms. The smallest absolute Gasteiger partial charge is 0.179 e. The summed E-state index contributed by atoms with van der Waals surface area (Å²) < 4.78 is 11.4. The van der Waals surface area contributed by atoms with E-state index >= 15 is 0 Å². The molecule has 0 amide bonds. The van der Waals surface area contributed by atoms with Gasteiger partial charge in [0.25, 0.3) is 0 Å². The number of allylic oxidation sites excluding steroid dienone is 1. The van der Waals surface area contributed by atoms with Crippen molar-refractivity contribution in [2.24, 2.45) is 5.92 Å². The summed E-state index contributed by atoms with van der Waals surface area (Å²) in [6.45, 7) is 6.21. The molecular formula is C17H30O2. The highest BCUT2D eigenvalue weighted by molar-refractivity contribution is 5.16. The molecule has 1 aliphatic heterocycles. The van der Waals surface area contributed by atoms with Gasteiger partial charge in [0, 0.05) is 0 Å². The van der Waals surface area contributed by atoms with E-state index in [1.807, 2.05) is 0 Å². The van der Waals surface area contributed by atoms with Crippen LogP contribution in [0.1, 0.15) is 71.6 Å². The van der Waals surface area contributed by atoms with Crippen LogP contribution >= 0.6 is 0 Å². The summed E-state index contributed by atoms with van der Waals surface area (Å²) >= 11 is 0. The summed E-state index contributed by atoms with van der Waals surface area (Å²) in [5.74, 6) is 0.969. The van der Waals surface area contributed by atoms with Gasteiger partial charge in [-0.25, -0.2) is 0 Å². The Balaban J connectivity index is 1.77. The Hall–Kier alpha value is -0.340. The zero-order valence-corrected chi connectivity index (χ0v) is 12.7. The van der Waals surface area contributed by atoms with Crippen LogP contribution in [0.2, 0.25) is 0 Å². The van der Waals surface area contributed by atoms with Gasteiger partial charge < -0.3 is 9.47 Å². The van der Waals surface area contributed by atoms with Gasteiger partial charge in [0.15, 0.2) is 6.29 Å². The van der Waals surface area contributed by atoms with Crippen LogP contribution in [-0.4, -0.2) is 19.5 Å². The molecule has 0 radical (unpaired) electrons. The normalized spacial score (nSPS) is 25.6. The van der Waals surface area contributed by atoms with Crippen LogP contribution in [0, 0.1) is 5.92 Å². The van der Waals surface area contributed by atoms with Crippen LogP contribution in [-0.2, 0) is 9.47 Å². The van der Waals surface area contributed by atoms with Crippen molar-refractivity contribution in [3.8, 4) is 0 Å². The van der Waals surface area contributed by atoms with Gasteiger partial charge in [-0.15, -0.1) is 0 Å². The molecule has 0 aromatic heterocycles. The van der Waals surface area contributed by atoms with Crippen LogP contribution in [0.3, 0.4) is 0 Å². The molecule has 1 saturated carbocycles. The van der Waals surface area contributed by atoms with E-state index < -0.39 is 0 Å². The average Bonchev–Trinajstić information content (AvgIpc) is 2.48. The minimum atomic E-state index is -0.0413. The molecule has 1 heterocycles. The zero-order chi connectivity index (χ0) is 13.5. The maximum absolute atomic E-state index is 5.72. The predicted octanol–water partition coefficient (Wildman–Crippen LogP) is 4.84. The van der Waals surface area contributed by atoms with Crippen LogP contribution in [0.15, 0.2) is 11.1 Å².